The summed E-state index contributed by atoms with van der Waals surface area (Å²) in [5.41, 5.74) is 1.03. The fraction of sp³-hybridized carbons (Fsp3) is 0.545. The molecule has 30 heavy (non-hydrogen) atoms. The van der Waals surface area contributed by atoms with Gasteiger partial charge in [0.2, 0.25) is 17.1 Å². The Morgan fingerprint density at radius 3 is 2.40 bits per heavy atom. The number of hydrogen-bond acceptors (Lipinski definition) is 4. The number of carbonyl (C=O) groups excluding carboxylic acids is 2. The summed E-state index contributed by atoms with van der Waals surface area (Å²) in [6.45, 7) is 1.53. The van der Waals surface area contributed by atoms with Gasteiger partial charge in [0, 0.05) is 25.3 Å². The molecule has 6 rings (SSSR count). The smallest absolute Gasteiger partial charge is 0.242 e. The molecular formula is C22H26ClN5O2. The molecular weight excluding hydrogens is 402 g/mol. The summed E-state index contributed by atoms with van der Waals surface area (Å²) in [6, 6.07) is 7.44. The SMILES string of the molecule is CC(=O)N(C)c1ccc(NC(=O)C23C[C@H]4C[C@@H](C2)CC(n2cnc(Cl)n2)(C4)C3)cc1. The van der Waals surface area contributed by atoms with Gasteiger partial charge in [0.25, 0.3) is 0 Å². The highest BCUT2D eigenvalue weighted by atomic mass is 35.5. The molecule has 4 aliphatic rings. The number of rotatable bonds is 4. The van der Waals surface area contributed by atoms with Crippen molar-refractivity contribution in [1.82, 2.24) is 14.8 Å². The van der Waals surface area contributed by atoms with Crippen LogP contribution in [0.5, 0.6) is 0 Å². The average molecular weight is 428 g/mol. The molecule has 0 spiro atoms. The number of amides is 2. The number of nitrogens with one attached hydrogen (secondary N) is 1. The molecule has 2 amide bonds. The highest BCUT2D eigenvalue weighted by molar-refractivity contribution is 6.28. The van der Waals surface area contributed by atoms with Gasteiger partial charge in [0.1, 0.15) is 6.33 Å². The van der Waals surface area contributed by atoms with Gasteiger partial charge in [-0.15, -0.1) is 5.10 Å². The lowest BCUT2D eigenvalue weighted by molar-refractivity contribution is -0.150. The Morgan fingerprint density at radius 1 is 1.17 bits per heavy atom. The fourth-order valence-corrected chi connectivity index (χ4v) is 6.56. The number of hydrogen-bond donors (Lipinski definition) is 1. The maximum Gasteiger partial charge on any atom is 0.242 e. The van der Waals surface area contributed by atoms with Crippen LogP contribution in [0.1, 0.15) is 45.4 Å². The van der Waals surface area contributed by atoms with Crippen molar-refractivity contribution in [1.29, 1.82) is 0 Å². The van der Waals surface area contributed by atoms with Gasteiger partial charge < -0.3 is 10.2 Å². The van der Waals surface area contributed by atoms with Crippen molar-refractivity contribution in [3.05, 3.63) is 35.9 Å². The van der Waals surface area contributed by atoms with E-state index in [0.717, 1.165) is 43.5 Å². The van der Waals surface area contributed by atoms with Crippen LogP contribution in [0.2, 0.25) is 5.28 Å². The molecule has 2 unspecified atom stereocenters. The van der Waals surface area contributed by atoms with Gasteiger partial charge in [-0.3, -0.25) is 9.59 Å². The van der Waals surface area contributed by atoms with Gasteiger partial charge in [0.15, 0.2) is 0 Å². The van der Waals surface area contributed by atoms with E-state index in [1.165, 1.54) is 13.3 Å². The quantitative estimate of drug-likeness (QED) is 0.803. The van der Waals surface area contributed by atoms with E-state index in [1.54, 1.807) is 18.3 Å². The minimum Gasteiger partial charge on any atom is -0.326 e. The zero-order chi connectivity index (χ0) is 21.1. The third-order valence-electron chi connectivity index (χ3n) is 7.45. The van der Waals surface area contributed by atoms with Gasteiger partial charge in [-0.25, -0.2) is 9.67 Å². The summed E-state index contributed by atoms with van der Waals surface area (Å²) in [5, 5.41) is 7.84. The fourth-order valence-electron chi connectivity index (χ4n) is 6.43. The first-order chi connectivity index (χ1) is 14.3. The topological polar surface area (TPSA) is 80.1 Å². The van der Waals surface area contributed by atoms with E-state index in [4.69, 9.17) is 11.6 Å². The van der Waals surface area contributed by atoms with Gasteiger partial charge in [-0.05, 0) is 86.2 Å². The van der Waals surface area contributed by atoms with Crippen molar-refractivity contribution in [3.63, 3.8) is 0 Å². The minimum absolute atomic E-state index is 0.0288. The molecule has 4 atom stereocenters. The predicted molar refractivity (Wildman–Crippen MR) is 114 cm³/mol. The van der Waals surface area contributed by atoms with Crippen LogP contribution in [0.3, 0.4) is 0 Å². The maximum atomic E-state index is 13.5. The van der Waals surface area contributed by atoms with Gasteiger partial charge >= 0.3 is 0 Å². The highest BCUT2D eigenvalue weighted by Crippen LogP contribution is 2.64. The van der Waals surface area contributed by atoms with Crippen molar-refractivity contribution < 1.29 is 9.59 Å². The molecule has 1 heterocycles. The number of nitrogens with zero attached hydrogens (tertiary/aromatic N) is 4. The molecule has 1 aromatic carbocycles. The molecule has 4 saturated carbocycles. The normalized spacial score (nSPS) is 31.6. The molecule has 0 saturated heterocycles. The molecule has 1 aromatic heterocycles. The van der Waals surface area contributed by atoms with Crippen LogP contribution in [0, 0.1) is 17.3 Å². The van der Waals surface area contributed by atoms with E-state index in [0.29, 0.717) is 11.8 Å². The summed E-state index contributed by atoms with van der Waals surface area (Å²) in [5.74, 6) is 1.14. The second-order valence-electron chi connectivity index (χ2n) is 9.50. The first-order valence-corrected chi connectivity index (χ1v) is 10.9. The van der Waals surface area contributed by atoms with Gasteiger partial charge in [-0.2, -0.15) is 0 Å². The predicted octanol–water partition coefficient (Wildman–Crippen LogP) is 3.85. The van der Waals surface area contributed by atoms with E-state index in [-0.39, 0.29) is 28.1 Å². The third-order valence-corrected chi connectivity index (χ3v) is 7.62. The van der Waals surface area contributed by atoms with E-state index in [1.807, 2.05) is 28.9 Å². The molecule has 7 nitrogen and oxygen atoms in total. The lowest BCUT2D eigenvalue weighted by atomic mass is 9.46. The Kier molecular flexibility index (Phi) is 4.43. The van der Waals surface area contributed by atoms with Gasteiger partial charge in [0.05, 0.1) is 11.0 Å². The molecule has 0 radical (unpaired) electrons. The monoisotopic (exact) mass is 427 g/mol. The molecule has 158 valence electrons. The number of carbonyl (C=O) groups is 2. The summed E-state index contributed by atoms with van der Waals surface area (Å²) >= 11 is 6.01. The second-order valence-corrected chi connectivity index (χ2v) is 9.84. The molecule has 1 N–H and O–H groups in total. The first-order valence-electron chi connectivity index (χ1n) is 10.5. The number of anilines is 2. The first kappa shape index (κ1) is 19.5. The van der Waals surface area contributed by atoms with Gasteiger partial charge in [-0.1, -0.05) is 0 Å². The minimum atomic E-state index is -0.378. The van der Waals surface area contributed by atoms with Crippen molar-refractivity contribution in [2.45, 2.75) is 51.0 Å². The number of benzene rings is 1. The van der Waals surface area contributed by atoms with E-state index in [2.05, 4.69) is 15.4 Å². The van der Waals surface area contributed by atoms with E-state index in [9.17, 15) is 9.59 Å². The number of aromatic nitrogens is 3. The molecule has 4 fully saturated rings. The maximum absolute atomic E-state index is 13.5. The summed E-state index contributed by atoms with van der Waals surface area (Å²) < 4.78 is 1.93. The van der Waals surface area contributed by atoms with Crippen LogP contribution >= 0.6 is 11.6 Å². The highest BCUT2D eigenvalue weighted by Gasteiger charge is 2.61. The third kappa shape index (κ3) is 3.11. The van der Waals surface area contributed by atoms with Crippen molar-refractivity contribution in [2.24, 2.45) is 17.3 Å². The average Bonchev–Trinajstić information content (AvgIpc) is 3.14. The summed E-state index contributed by atoms with van der Waals surface area (Å²) in [6.07, 6.45) is 7.67. The second kappa shape index (κ2) is 6.80. The Bertz CT molecular complexity index is 987. The van der Waals surface area contributed by atoms with Crippen LogP contribution in [-0.2, 0) is 15.1 Å². The van der Waals surface area contributed by atoms with Crippen LogP contribution in [0.4, 0.5) is 11.4 Å². The molecule has 2 aromatic rings. The molecule has 8 heteroatoms. The van der Waals surface area contributed by atoms with Crippen molar-refractivity contribution in [3.8, 4) is 0 Å². The molecule has 4 bridgehead atoms. The van der Waals surface area contributed by atoms with Crippen molar-refractivity contribution >= 4 is 34.8 Å². The Balaban J connectivity index is 1.38. The Labute approximate surface area is 180 Å². The number of halogens is 1. The van der Waals surface area contributed by atoms with Crippen LogP contribution in [-0.4, -0.2) is 33.6 Å². The largest absolute Gasteiger partial charge is 0.326 e. The summed E-state index contributed by atoms with van der Waals surface area (Å²) in [4.78, 5) is 30.8. The lowest BCUT2D eigenvalue weighted by Crippen LogP contribution is -2.60. The van der Waals surface area contributed by atoms with E-state index < -0.39 is 0 Å². The van der Waals surface area contributed by atoms with Crippen LogP contribution in [0.15, 0.2) is 30.6 Å². The Hall–Kier alpha value is -2.41. The zero-order valence-electron chi connectivity index (χ0n) is 17.3. The standard InChI is InChI=1S/C22H26ClN5O2/c1-14(29)27(2)18-5-3-17(4-6-18)25-19(30)21-8-15-7-16(9-21)11-22(10-15,12-21)28-13-24-20(23)26-28/h3-6,13,15-16H,7-12H2,1-2H3,(H,25,30)/t15-,16+,21?,22?. The Morgan fingerprint density at radius 2 is 1.83 bits per heavy atom. The van der Waals surface area contributed by atoms with E-state index >= 15 is 0 Å². The van der Waals surface area contributed by atoms with Crippen molar-refractivity contribution in [2.75, 3.05) is 17.3 Å². The lowest BCUT2D eigenvalue weighted by Gasteiger charge is -2.60. The van der Waals surface area contributed by atoms with Crippen LogP contribution in [0.25, 0.3) is 0 Å². The molecule has 4 aliphatic carbocycles. The zero-order valence-corrected chi connectivity index (χ0v) is 18.0. The summed E-state index contributed by atoms with van der Waals surface area (Å²) in [7, 11) is 1.74. The molecule has 0 aliphatic heterocycles. The van der Waals surface area contributed by atoms with Crippen LogP contribution < -0.4 is 10.2 Å².